The molecule has 0 aliphatic carbocycles. The molecule has 16 heavy (non-hydrogen) atoms. The van der Waals surface area contributed by atoms with Crippen molar-refractivity contribution in [1.82, 2.24) is 9.36 Å². The lowest BCUT2D eigenvalue weighted by Crippen LogP contribution is -2.15. The van der Waals surface area contributed by atoms with Crippen molar-refractivity contribution in [2.75, 3.05) is 11.9 Å². The molecule has 0 bridgehead atoms. The van der Waals surface area contributed by atoms with Crippen molar-refractivity contribution >= 4 is 16.7 Å². The van der Waals surface area contributed by atoms with E-state index in [4.69, 9.17) is 5.73 Å². The Balaban J connectivity index is 1.78. The number of nitrogens with zero attached hydrogens (tertiary/aromatic N) is 2. The molecule has 1 aromatic heterocycles. The third-order valence-electron chi connectivity index (χ3n) is 2.32. The maximum absolute atomic E-state index is 6.06. The van der Waals surface area contributed by atoms with Gasteiger partial charge in [0.05, 0.1) is 0 Å². The number of anilines is 1. The maximum atomic E-state index is 6.06. The van der Waals surface area contributed by atoms with Crippen LogP contribution in [-0.2, 0) is 0 Å². The first-order chi connectivity index (χ1) is 7.86. The van der Waals surface area contributed by atoms with Crippen molar-refractivity contribution in [2.45, 2.75) is 12.5 Å². The first kappa shape index (κ1) is 11.0. The van der Waals surface area contributed by atoms with Crippen LogP contribution in [0.15, 0.2) is 36.7 Å². The summed E-state index contributed by atoms with van der Waals surface area (Å²) in [6, 6.07) is 10.2. The maximum Gasteiger partial charge on any atom is 0.202 e. The van der Waals surface area contributed by atoms with Crippen LogP contribution in [0.2, 0.25) is 0 Å². The largest absolute Gasteiger partial charge is 0.360 e. The number of nitrogens with two attached hydrogens (primary N) is 1. The molecule has 1 heterocycles. The molecule has 0 saturated heterocycles. The van der Waals surface area contributed by atoms with Gasteiger partial charge in [-0.15, -0.1) is 0 Å². The predicted octanol–water partition coefficient (Wildman–Crippen LogP) is 2.04. The molecule has 0 saturated carbocycles. The van der Waals surface area contributed by atoms with Gasteiger partial charge in [-0.3, -0.25) is 0 Å². The zero-order valence-electron chi connectivity index (χ0n) is 8.84. The second-order valence-corrected chi connectivity index (χ2v) is 4.26. The van der Waals surface area contributed by atoms with Crippen molar-refractivity contribution in [3.05, 3.63) is 42.2 Å². The average Bonchev–Trinajstić information content (AvgIpc) is 2.83. The Morgan fingerprint density at radius 3 is 2.81 bits per heavy atom. The summed E-state index contributed by atoms with van der Waals surface area (Å²) in [6.07, 6.45) is 2.42. The van der Waals surface area contributed by atoms with Gasteiger partial charge in [0.2, 0.25) is 5.13 Å². The molecule has 1 aromatic carbocycles. The third-order valence-corrected chi connectivity index (χ3v) is 2.94. The molecular weight excluding hydrogens is 220 g/mol. The van der Waals surface area contributed by atoms with Crippen molar-refractivity contribution in [2.24, 2.45) is 5.73 Å². The van der Waals surface area contributed by atoms with Gasteiger partial charge in [0, 0.05) is 24.1 Å². The summed E-state index contributed by atoms with van der Waals surface area (Å²) < 4.78 is 3.91. The minimum Gasteiger partial charge on any atom is -0.360 e. The van der Waals surface area contributed by atoms with E-state index in [9.17, 15) is 0 Å². The molecule has 0 radical (unpaired) electrons. The van der Waals surface area contributed by atoms with E-state index in [1.54, 1.807) is 6.33 Å². The van der Waals surface area contributed by atoms with Crippen LogP contribution in [0.4, 0.5) is 5.13 Å². The number of hydrogen-bond acceptors (Lipinski definition) is 5. The first-order valence-corrected chi connectivity index (χ1v) is 5.94. The Hall–Kier alpha value is -1.46. The smallest absolute Gasteiger partial charge is 0.202 e. The summed E-state index contributed by atoms with van der Waals surface area (Å²) in [5, 5.41) is 4.04. The Labute approximate surface area is 98.7 Å². The Kier molecular flexibility index (Phi) is 3.85. The van der Waals surface area contributed by atoms with Gasteiger partial charge in [-0.25, -0.2) is 4.98 Å². The van der Waals surface area contributed by atoms with Gasteiger partial charge in [-0.1, -0.05) is 30.3 Å². The van der Waals surface area contributed by atoms with E-state index in [1.165, 1.54) is 17.1 Å². The summed E-state index contributed by atoms with van der Waals surface area (Å²) in [4.78, 5) is 4.04. The van der Waals surface area contributed by atoms with Crippen LogP contribution in [0, 0.1) is 0 Å². The zero-order chi connectivity index (χ0) is 11.2. The third kappa shape index (κ3) is 3.01. The minimum atomic E-state index is 0.0709. The molecule has 3 N–H and O–H groups in total. The van der Waals surface area contributed by atoms with E-state index in [-0.39, 0.29) is 6.04 Å². The van der Waals surface area contributed by atoms with Gasteiger partial charge in [0.25, 0.3) is 0 Å². The normalized spacial score (nSPS) is 12.3. The molecule has 2 rings (SSSR count). The molecule has 0 spiro atoms. The second-order valence-electron chi connectivity index (χ2n) is 3.48. The average molecular weight is 234 g/mol. The topological polar surface area (TPSA) is 63.8 Å². The molecule has 84 valence electrons. The molecule has 0 aliphatic heterocycles. The van der Waals surface area contributed by atoms with Crippen LogP contribution in [0.5, 0.6) is 0 Å². The lowest BCUT2D eigenvalue weighted by atomic mass is 10.1. The first-order valence-electron chi connectivity index (χ1n) is 5.17. The second kappa shape index (κ2) is 5.58. The van der Waals surface area contributed by atoms with Gasteiger partial charge < -0.3 is 11.1 Å². The molecule has 4 nitrogen and oxygen atoms in total. The van der Waals surface area contributed by atoms with Crippen LogP contribution >= 0.6 is 11.5 Å². The zero-order valence-corrected chi connectivity index (χ0v) is 9.65. The van der Waals surface area contributed by atoms with E-state index < -0.39 is 0 Å². The van der Waals surface area contributed by atoms with Crippen LogP contribution in [0.25, 0.3) is 0 Å². The fourth-order valence-electron chi connectivity index (χ4n) is 1.45. The van der Waals surface area contributed by atoms with E-state index in [2.05, 4.69) is 26.8 Å². The number of benzene rings is 1. The fourth-order valence-corrected chi connectivity index (χ4v) is 1.91. The monoisotopic (exact) mass is 234 g/mol. The van der Waals surface area contributed by atoms with E-state index in [0.717, 1.165) is 18.1 Å². The van der Waals surface area contributed by atoms with Gasteiger partial charge in [0.1, 0.15) is 6.33 Å². The van der Waals surface area contributed by atoms with Crippen LogP contribution < -0.4 is 11.1 Å². The number of nitrogens with one attached hydrogen (secondary N) is 1. The van der Waals surface area contributed by atoms with Gasteiger partial charge in [-0.05, 0) is 12.0 Å². The van der Waals surface area contributed by atoms with E-state index >= 15 is 0 Å². The SMILES string of the molecule is NC(CCNc1ncns1)c1ccccc1. The van der Waals surface area contributed by atoms with Gasteiger partial charge in [-0.2, -0.15) is 4.37 Å². The highest BCUT2D eigenvalue weighted by molar-refractivity contribution is 7.09. The van der Waals surface area contributed by atoms with Gasteiger partial charge >= 0.3 is 0 Å². The quantitative estimate of drug-likeness (QED) is 0.831. The standard InChI is InChI=1S/C11H14N4S/c12-10(9-4-2-1-3-5-9)6-7-13-11-14-8-15-16-11/h1-5,8,10H,6-7,12H2,(H,13,14,15). The van der Waals surface area contributed by atoms with Crippen LogP contribution in [-0.4, -0.2) is 15.9 Å². The lowest BCUT2D eigenvalue weighted by Gasteiger charge is -2.11. The summed E-state index contributed by atoms with van der Waals surface area (Å²) in [6.45, 7) is 0.811. The van der Waals surface area contributed by atoms with Crippen molar-refractivity contribution < 1.29 is 0 Å². The van der Waals surface area contributed by atoms with Crippen molar-refractivity contribution in [3.63, 3.8) is 0 Å². The number of hydrogen-bond donors (Lipinski definition) is 2. The van der Waals surface area contributed by atoms with E-state index in [0.29, 0.717) is 0 Å². The molecule has 1 atom stereocenters. The highest BCUT2D eigenvalue weighted by Crippen LogP contribution is 2.14. The Bertz CT molecular complexity index is 401. The number of aromatic nitrogens is 2. The molecule has 0 fully saturated rings. The van der Waals surface area contributed by atoms with Crippen molar-refractivity contribution in [1.29, 1.82) is 0 Å². The molecular formula is C11H14N4S. The Morgan fingerprint density at radius 2 is 2.12 bits per heavy atom. The van der Waals surface area contributed by atoms with Crippen LogP contribution in [0.3, 0.4) is 0 Å². The lowest BCUT2D eigenvalue weighted by molar-refractivity contribution is 0.675. The van der Waals surface area contributed by atoms with Crippen LogP contribution in [0.1, 0.15) is 18.0 Å². The van der Waals surface area contributed by atoms with Crippen molar-refractivity contribution in [3.8, 4) is 0 Å². The highest BCUT2D eigenvalue weighted by atomic mass is 32.1. The molecule has 0 aliphatic rings. The minimum absolute atomic E-state index is 0.0709. The highest BCUT2D eigenvalue weighted by Gasteiger charge is 2.04. The summed E-state index contributed by atoms with van der Waals surface area (Å²) >= 11 is 1.36. The summed E-state index contributed by atoms with van der Waals surface area (Å²) in [7, 11) is 0. The number of rotatable bonds is 5. The van der Waals surface area contributed by atoms with Gasteiger partial charge in [0.15, 0.2) is 0 Å². The molecule has 5 heteroatoms. The summed E-state index contributed by atoms with van der Waals surface area (Å²) in [5.41, 5.74) is 7.23. The summed E-state index contributed by atoms with van der Waals surface area (Å²) in [5.74, 6) is 0. The molecule has 2 aromatic rings. The molecule has 0 amide bonds. The fraction of sp³-hybridized carbons (Fsp3) is 0.273. The van der Waals surface area contributed by atoms with E-state index in [1.807, 2.05) is 18.2 Å². The predicted molar refractivity (Wildman–Crippen MR) is 66.4 cm³/mol. The molecule has 1 unspecified atom stereocenters. The Morgan fingerprint density at radius 1 is 1.31 bits per heavy atom.